The molecule has 1 saturated heterocycles. The monoisotopic (exact) mass is 229 g/mol. The molecule has 1 heterocycles. The first kappa shape index (κ1) is 11.9. The molecule has 0 bridgehead atoms. The first-order valence-corrected chi connectivity index (χ1v) is 6.13. The van der Waals surface area contributed by atoms with Crippen LogP contribution in [-0.4, -0.2) is 19.1 Å². The van der Waals surface area contributed by atoms with Gasteiger partial charge in [0.1, 0.15) is 0 Å². The summed E-state index contributed by atoms with van der Waals surface area (Å²) in [5, 5.41) is 8.93. The fourth-order valence-electron chi connectivity index (χ4n) is 2.62. The predicted molar refractivity (Wildman–Crippen MR) is 69.9 cm³/mol. The van der Waals surface area contributed by atoms with Crippen molar-refractivity contribution in [3.05, 3.63) is 29.3 Å². The number of nitrogens with zero attached hydrogens (tertiary/aromatic N) is 2. The molecule has 1 aromatic rings. The molecule has 2 N–H and O–H groups in total. The van der Waals surface area contributed by atoms with Gasteiger partial charge in [0.05, 0.1) is 11.6 Å². The molecule has 3 nitrogen and oxygen atoms in total. The van der Waals surface area contributed by atoms with Gasteiger partial charge in [-0.2, -0.15) is 5.26 Å². The van der Waals surface area contributed by atoms with Crippen LogP contribution in [-0.2, 0) is 0 Å². The van der Waals surface area contributed by atoms with Crippen LogP contribution in [0.15, 0.2) is 18.2 Å². The third-order valence-electron chi connectivity index (χ3n) is 3.66. The van der Waals surface area contributed by atoms with E-state index in [0.717, 1.165) is 30.6 Å². The van der Waals surface area contributed by atoms with Crippen LogP contribution in [0.4, 0.5) is 5.69 Å². The summed E-state index contributed by atoms with van der Waals surface area (Å²) in [6.45, 7) is 6.02. The van der Waals surface area contributed by atoms with Crippen molar-refractivity contribution in [1.29, 1.82) is 5.26 Å². The van der Waals surface area contributed by atoms with E-state index in [1.54, 1.807) is 0 Å². The topological polar surface area (TPSA) is 53.0 Å². The number of anilines is 1. The number of hydrogen-bond donors (Lipinski definition) is 1. The maximum Gasteiger partial charge on any atom is 0.0994 e. The van der Waals surface area contributed by atoms with Crippen LogP contribution in [0, 0.1) is 24.2 Å². The van der Waals surface area contributed by atoms with E-state index >= 15 is 0 Å². The second kappa shape index (κ2) is 4.77. The lowest BCUT2D eigenvalue weighted by Gasteiger charge is -2.24. The smallest absolute Gasteiger partial charge is 0.0994 e. The largest absolute Gasteiger partial charge is 0.368 e. The normalized spacial score (nSPS) is 23.8. The zero-order valence-corrected chi connectivity index (χ0v) is 10.5. The highest BCUT2D eigenvalue weighted by atomic mass is 15.2. The van der Waals surface area contributed by atoms with Crippen molar-refractivity contribution in [2.45, 2.75) is 26.3 Å². The van der Waals surface area contributed by atoms with E-state index in [0.29, 0.717) is 12.0 Å². The van der Waals surface area contributed by atoms with Gasteiger partial charge in [-0.15, -0.1) is 0 Å². The Labute approximate surface area is 103 Å². The second-order valence-electron chi connectivity index (χ2n) is 4.95. The second-order valence-corrected chi connectivity index (χ2v) is 4.95. The molecule has 1 fully saturated rings. The van der Waals surface area contributed by atoms with E-state index in [1.165, 1.54) is 5.69 Å². The number of rotatable bonds is 2. The summed E-state index contributed by atoms with van der Waals surface area (Å²) in [4.78, 5) is 2.39. The number of nitrogens with two attached hydrogens (primary N) is 1. The van der Waals surface area contributed by atoms with Crippen LogP contribution in [0.25, 0.3) is 0 Å². The van der Waals surface area contributed by atoms with Crippen molar-refractivity contribution in [3.8, 4) is 6.07 Å². The van der Waals surface area contributed by atoms with Crippen LogP contribution in [0.1, 0.15) is 24.5 Å². The summed E-state index contributed by atoms with van der Waals surface area (Å²) < 4.78 is 0. The molecule has 0 saturated carbocycles. The number of aryl methyl sites for hydroxylation is 1. The van der Waals surface area contributed by atoms with Gasteiger partial charge >= 0.3 is 0 Å². The van der Waals surface area contributed by atoms with Gasteiger partial charge in [-0.05, 0) is 56.5 Å². The van der Waals surface area contributed by atoms with Gasteiger partial charge < -0.3 is 10.6 Å². The van der Waals surface area contributed by atoms with Crippen LogP contribution in [0.3, 0.4) is 0 Å². The molecule has 0 spiro atoms. The van der Waals surface area contributed by atoms with Crippen LogP contribution in [0.2, 0.25) is 0 Å². The number of hydrogen-bond acceptors (Lipinski definition) is 3. The molecule has 90 valence electrons. The van der Waals surface area contributed by atoms with Crippen LogP contribution < -0.4 is 10.6 Å². The lowest BCUT2D eigenvalue weighted by Crippen LogP contribution is -2.27. The van der Waals surface area contributed by atoms with Crippen molar-refractivity contribution < 1.29 is 0 Å². The highest BCUT2D eigenvalue weighted by molar-refractivity contribution is 5.54. The summed E-state index contributed by atoms with van der Waals surface area (Å²) in [5.74, 6) is 0.598. The number of benzene rings is 1. The van der Waals surface area contributed by atoms with Crippen molar-refractivity contribution >= 4 is 5.69 Å². The molecule has 1 aliphatic heterocycles. The molecule has 2 rings (SSSR count). The van der Waals surface area contributed by atoms with E-state index < -0.39 is 0 Å². The van der Waals surface area contributed by atoms with Crippen LogP contribution in [0.5, 0.6) is 0 Å². The molecule has 3 heteroatoms. The fourth-order valence-corrected chi connectivity index (χ4v) is 2.62. The van der Waals surface area contributed by atoms with E-state index in [2.05, 4.69) is 24.0 Å². The summed E-state index contributed by atoms with van der Waals surface area (Å²) in [7, 11) is 0. The molecular weight excluding hydrogens is 210 g/mol. The molecule has 0 aromatic heterocycles. The van der Waals surface area contributed by atoms with Crippen molar-refractivity contribution in [2.75, 3.05) is 18.0 Å². The Hall–Kier alpha value is -1.53. The zero-order valence-electron chi connectivity index (χ0n) is 10.5. The minimum atomic E-state index is 0.538. The quantitative estimate of drug-likeness (QED) is 0.844. The Kier molecular flexibility index (Phi) is 3.35. The molecule has 0 amide bonds. The van der Waals surface area contributed by atoms with Crippen LogP contribution >= 0.6 is 0 Å². The Morgan fingerprint density at radius 1 is 1.53 bits per heavy atom. The lowest BCUT2D eigenvalue weighted by molar-refractivity contribution is 0.579. The van der Waals surface area contributed by atoms with Gasteiger partial charge in [-0.3, -0.25) is 0 Å². The van der Waals surface area contributed by atoms with Crippen molar-refractivity contribution in [2.24, 2.45) is 11.7 Å². The predicted octanol–water partition coefficient (Wildman–Crippen LogP) is 2.04. The van der Waals surface area contributed by atoms with E-state index in [-0.39, 0.29) is 0 Å². The summed E-state index contributed by atoms with van der Waals surface area (Å²) in [6.07, 6.45) is 1.16. The Morgan fingerprint density at radius 3 is 2.82 bits per heavy atom. The molecule has 17 heavy (non-hydrogen) atoms. The van der Waals surface area contributed by atoms with Gasteiger partial charge in [0.15, 0.2) is 0 Å². The Morgan fingerprint density at radius 2 is 2.29 bits per heavy atom. The van der Waals surface area contributed by atoms with Gasteiger partial charge in [0.2, 0.25) is 0 Å². The minimum Gasteiger partial charge on any atom is -0.368 e. The average Bonchev–Trinajstić information content (AvgIpc) is 2.70. The molecule has 2 atom stereocenters. The first-order valence-electron chi connectivity index (χ1n) is 6.13. The molecule has 1 aromatic carbocycles. The van der Waals surface area contributed by atoms with Crippen molar-refractivity contribution in [3.63, 3.8) is 0 Å². The summed E-state index contributed by atoms with van der Waals surface area (Å²) in [5.41, 5.74) is 8.76. The maximum absolute atomic E-state index is 8.93. The van der Waals surface area contributed by atoms with E-state index in [1.807, 2.05) is 19.1 Å². The number of nitriles is 1. The SMILES string of the molecule is Cc1cc(N2CC(CN)CC2C)ccc1C#N. The van der Waals surface area contributed by atoms with Gasteiger partial charge in [-0.25, -0.2) is 0 Å². The first-order chi connectivity index (χ1) is 8.15. The highest BCUT2D eigenvalue weighted by Crippen LogP contribution is 2.29. The Balaban J connectivity index is 2.24. The highest BCUT2D eigenvalue weighted by Gasteiger charge is 2.28. The average molecular weight is 229 g/mol. The molecule has 1 aliphatic rings. The third-order valence-corrected chi connectivity index (χ3v) is 3.66. The van der Waals surface area contributed by atoms with E-state index in [9.17, 15) is 0 Å². The summed E-state index contributed by atoms with van der Waals surface area (Å²) in [6, 6.07) is 8.80. The van der Waals surface area contributed by atoms with E-state index in [4.69, 9.17) is 11.0 Å². The lowest BCUT2D eigenvalue weighted by atomic mass is 10.1. The summed E-state index contributed by atoms with van der Waals surface area (Å²) >= 11 is 0. The molecule has 0 radical (unpaired) electrons. The molecule has 2 unspecified atom stereocenters. The molecule has 0 aliphatic carbocycles. The van der Waals surface area contributed by atoms with Gasteiger partial charge in [0, 0.05) is 18.3 Å². The Bertz CT molecular complexity index is 447. The fraction of sp³-hybridized carbons (Fsp3) is 0.500. The standard InChI is InChI=1S/C14H19N3/c1-10-5-14(4-3-13(10)8-16)17-9-12(7-15)6-11(17)2/h3-5,11-12H,6-7,9,15H2,1-2H3. The van der Waals surface area contributed by atoms with Gasteiger partial charge in [0.25, 0.3) is 0 Å². The maximum atomic E-state index is 8.93. The molecular formula is C14H19N3. The zero-order chi connectivity index (χ0) is 12.4. The third kappa shape index (κ3) is 2.27. The van der Waals surface area contributed by atoms with Crippen molar-refractivity contribution in [1.82, 2.24) is 0 Å². The van der Waals surface area contributed by atoms with Gasteiger partial charge in [-0.1, -0.05) is 0 Å². The minimum absolute atomic E-state index is 0.538.